The number of anilines is 2. The van der Waals surface area contributed by atoms with Gasteiger partial charge in [0.05, 0.1) is 10.4 Å². The van der Waals surface area contributed by atoms with Crippen molar-refractivity contribution in [3.63, 3.8) is 0 Å². The molecule has 7 heteroatoms. The summed E-state index contributed by atoms with van der Waals surface area (Å²) in [5.41, 5.74) is 2.34. The van der Waals surface area contributed by atoms with Gasteiger partial charge in [-0.3, -0.25) is 9.59 Å². The Morgan fingerprint density at radius 2 is 1.75 bits per heavy atom. The van der Waals surface area contributed by atoms with Crippen LogP contribution in [-0.4, -0.2) is 23.9 Å². The van der Waals surface area contributed by atoms with Gasteiger partial charge in [0.25, 0.3) is 11.8 Å². The van der Waals surface area contributed by atoms with E-state index in [0.717, 1.165) is 5.56 Å². The van der Waals surface area contributed by atoms with Gasteiger partial charge in [0, 0.05) is 17.8 Å². The maximum absolute atomic E-state index is 12.6. The average molecular weight is 392 g/mol. The van der Waals surface area contributed by atoms with E-state index in [2.05, 4.69) is 10.6 Å². The largest absolute Gasteiger partial charge is 0.448 e. The minimum Gasteiger partial charge on any atom is -0.448 e. The van der Waals surface area contributed by atoms with Crippen molar-refractivity contribution < 1.29 is 19.1 Å². The van der Waals surface area contributed by atoms with Crippen molar-refractivity contribution in [3.05, 3.63) is 82.0 Å². The van der Waals surface area contributed by atoms with Crippen molar-refractivity contribution in [1.82, 2.24) is 0 Å². The van der Waals surface area contributed by atoms with Crippen molar-refractivity contribution in [2.45, 2.75) is 12.5 Å². The molecule has 0 aliphatic carbocycles. The third-order valence-electron chi connectivity index (χ3n) is 4.32. The highest BCUT2D eigenvalue weighted by Gasteiger charge is 2.31. The number of carbonyl (C=O) groups is 3. The van der Waals surface area contributed by atoms with Crippen LogP contribution in [0.15, 0.2) is 66.0 Å². The van der Waals surface area contributed by atoms with Gasteiger partial charge in [-0.1, -0.05) is 30.3 Å². The number of carbonyl (C=O) groups excluding carboxylic acids is 3. The molecule has 2 N–H and O–H groups in total. The highest BCUT2D eigenvalue weighted by atomic mass is 32.1. The van der Waals surface area contributed by atoms with Gasteiger partial charge >= 0.3 is 5.97 Å². The number of esters is 1. The van der Waals surface area contributed by atoms with E-state index in [9.17, 15) is 14.4 Å². The molecule has 2 heterocycles. The molecule has 0 saturated carbocycles. The van der Waals surface area contributed by atoms with Crippen molar-refractivity contribution in [2.24, 2.45) is 0 Å². The molecule has 0 saturated heterocycles. The molecular formula is C21H16N2O4S. The molecule has 1 aliphatic rings. The Bertz CT molecular complexity index is 1050. The lowest BCUT2D eigenvalue weighted by molar-refractivity contribution is -0.125. The van der Waals surface area contributed by atoms with Gasteiger partial charge in [-0.25, -0.2) is 4.79 Å². The summed E-state index contributed by atoms with van der Waals surface area (Å²) in [7, 11) is 0. The van der Waals surface area contributed by atoms with Crippen molar-refractivity contribution in [3.8, 4) is 0 Å². The van der Waals surface area contributed by atoms with Crippen LogP contribution in [0.5, 0.6) is 0 Å². The predicted octanol–water partition coefficient (Wildman–Crippen LogP) is 3.72. The Balaban J connectivity index is 1.44. The highest BCUT2D eigenvalue weighted by molar-refractivity contribution is 7.12. The van der Waals surface area contributed by atoms with Gasteiger partial charge < -0.3 is 15.4 Å². The van der Waals surface area contributed by atoms with Crippen LogP contribution >= 0.6 is 11.3 Å². The Hall–Kier alpha value is -3.45. The summed E-state index contributed by atoms with van der Waals surface area (Å²) in [4.78, 5) is 37.4. The zero-order valence-electron chi connectivity index (χ0n) is 14.7. The summed E-state index contributed by atoms with van der Waals surface area (Å²) < 4.78 is 5.27. The molecule has 6 nitrogen and oxygen atoms in total. The van der Waals surface area contributed by atoms with Crippen molar-refractivity contribution in [1.29, 1.82) is 0 Å². The number of hydrogen-bond donors (Lipinski definition) is 2. The molecule has 4 rings (SSSR count). The summed E-state index contributed by atoms with van der Waals surface area (Å²) in [5, 5.41) is 7.37. The third kappa shape index (κ3) is 3.79. The first-order chi connectivity index (χ1) is 13.6. The molecule has 1 aromatic heterocycles. The average Bonchev–Trinajstić information content (AvgIpc) is 3.23. The smallest absolute Gasteiger partial charge is 0.339 e. The quantitative estimate of drug-likeness (QED) is 0.663. The first-order valence-corrected chi connectivity index (χ1v) is 9.53. The molecular weight excluding hydrogens is 376 g/mol. The molecule has 1 aliphatic heterocycles. The number of cyclic esters (lactones) is 1. The SMILES string of the molecule is O=C(Nc1cccc(NC(=O)C2Cc3ccccc3C(=O)O2)c1)c1cccs1. The highest BCUT2D eigenvalue weighted by Crippen LogP contribution is 2.22. The lowest BCUT2D eigenvalue weighted by Crippen LogP contribution is -2.37. The Kier molecular flexibility index (Phi) is 4.90. The molecule has 1 atom stereocenters. The molecule has 0 radical (unpaired) electrons. The van der Waals surface area contributed by atoms with E-state index in [-0.39, 0.29) is 5.91 Å². The lowest BCUT2D eigenvalue weighted by Gasteiger charge is -2.23. The maximum atomic E-state index is 12.6. The first-order valence-electron chi connectivity index (χ1n) is 8.65. The van der Waals surface area contributed by atoms with Crippen LogP contribution < -0.4 is 10.6 Å². The predicted molar refractivity (Wildman–Crippen MR) is 107 cm³/mol. The molecule has 28 heavy (non-hydrogen) atoms. The fourth-order valence-electron chi connectivity index (χ4n) is 2.98. The minimum atomic E-state index is -0.897. The molecule has 0 spiro atoms. The Morgan fingerprint density at radius 1 is 0.964 bits per heavy atom. The molecule has 0 bridgehead atoms. The van der Waals surface area contributed by atoms with Gasteiger partial charge in [0.1, 0.15) is 0 Å². The van der Waals surface area contributed by atoms with E-state index >= 15 is 0 Å². The first kappa shape index (κ1) is 17.9. The van der Waals surface area contributed by atoms with Gasteiger partial charge in [0.15, 0.2) is 6.10 Å². The molecule has 0 fully saturated rings. The number of nitrogens with one attached hydrogen (secondary N) is 2. The molecule has 2 amide bonds. The Labute approximate surface area is 165 Å². The van der Waals surface area contributed by atoms with E-state index in [4.69, 9.17) is 4.74 Å². The summed E-state index contributed by atoms with van der Waals surface area (Å²) in [6.07, 6.45) is -0.575. The van der Waals surface area contributed by atoms with Gasteiger partial charge in [-0.05, 0) is 41.3 Å². The number of hydrogen-bond acceptors (Lipinski definition) is 5. The number of benzene rings is 2. The van der Waals surface area contributed by atoms with Crippen molar-refractivity contribution in [2.75, 3.05) is 10.6 Å². The van der Waals surface area contributed by atoms with E-state index in [1.54, 1.807) is 48.5 Å². The normalized spacial score (nSPS) is 15.3. The summed E-state index contributed by atoms with van der Waals surface area (Å²) in [6, 6.07) is 17.4. The van der Waals surface area contributed by atoms with Gasteiger partial charge in [-0.2, -0.15) is 0 Å². The fraction of sp³-hybridized carbons (Fsp3) is 0.0952. The summed E-state index contributed by atoms with van der Waals surface area (Å²) in [6.45, 7) is 0. The second kappa shape index (κ2) is 7.66. The fourth-order valence-corrected chi connectivity index (χ4v) is 3.59. The number of thiophene rings is 1. The number of amides is 2. The molecule has 1 unspecified atom stereocenters. The van der Waals surface area contributed by atoms with Crippen LogP contribution in [-0.2, 0) is 16.0 Å². The van der Waals surface area contributed by atoms with Crippen LogP contribution in [0.1, 0.15) is 25.6 Å². The van der Waals surface area contributed by atoms with Gasteiger partial charge in [-0.15, -0.1) is 11.3 Å². The number of rotatable bonds is 4. The second-order valence-corrected chi connectivity index (χ2v) is 7.20. The lowest BCUT2D eigenvalue weighted by atomic mass is 9.98. The van der Waals surface area contributed by atoms with Crippen LogP contribution in [0.25, 0.3) is 0 Å². The standard InChI is InChI=1S/C21H16N2O4S/c24-19(17-11-13-5-1-2-8-16(13)21(26)27-17)22-14-6-3-7-15(12-14)23-20(25)18-9-4-10-28-18/h1-10,12,17H,11H2,(H,22,24)(H,23,25). The van der Waals surface area contributed by atoms with Gasteiger partial charge in [0.2, 0.25) is 0 Å². The molecule has 2 aromatic carbocycles. The molecule has 3 aromatic rings. The number of fused-ring (bicyclic) bond motifs is 1. The van der Waals surface area contributed by atoms with E-state index < -0.39 is 18.0 Å². The zero-order chi connectivity index (χ0) is 19.5. The van der Waals surface area contributed by atoms with E-state index in [0.29, 0.717) is 28.2 Å². The monoisotopic (exact) mass is 392 g/mol. The zero-order valence-corrected chi connectivity index (χ0v) is 15.5. The second-order valence-electron chi connectivity index (χ2n) is 6.26. The van der Waals surface area contributed by atoms with Crippen LogP contribution in [0, 0.1) is 0 Å². The van der Waals surface area contributed by atoms with Crippen LogP contribution in [0.3, 0.4) is 0 Å². The third-order valence-corrected chi connectivity index (χ3v) is 5.19. The summed E-state index contributed by atoms with van der Waals surface area (Å²) >= 11 is 1.35. The minimum absolute atomic E-state index is 0.212. The van der Waals surface area contributed by atoms with Crippen LogP contribution in [0.2, 0.25) is 0 Å². The van der Waals surface area contributed by atoms with E-state index in [1.165, 1.54) is 11.3 Å². The topological polar surface area (TPSA) is 84.5 Å². The van der Waals surface area contributed by atoms with Crippen LogP contribution in [0.4, 0.5) is 11.4 Å². The summed E-state index contributed by atoms with van der Waals surface area (Å²) in [5.74, 6) is -1.13. The molecule has 140 valence electrons. The maximum Gasteiger partial charge on any atom is 0.339 e. The van der Waals surface area contributed by atoms with E-state index in [1.807, 2.05) is 17.5 Å². The Morgan fingerprint density at radius 3 is 2.54 bits per heavy atom. The number of ether oxygens (including phenoxy) is 1. The van der Waals surface area contributed by atoms with Crippen molar-refractivity contribution >= 4 is 40.5 Å².